The molecule has 1 saturated carbocycles. The quantitative estimate of drug-likeness (QED) is 0.760. The lowest BCUT2D eigenvalue weighted by atomic mass is 10.1. The van der Waals surface area contributed by atoms with Crippen LogP contribution in [-0.2, 0) is 0 Å². The van der Waals surface area contributed by atoms with E-state index in [9.17, 15) is 5.26 Å². The van der Waals surface area contributed by atoms with E-state index in [0.29, 0.717) is 33.8 Å². The Labute approximate surface area is 160 Å². The summed E-state index contributed by atoms with van der Waals surface area (Å²) in [6, 6.07) is 5.68. The number of anilines is 2. The van der Waals surface area contributed by atoms with E-state index in [-0.39, 0.29) is 23.4 Å². The van der Waals surface area contributed by atoms with Gasteiger partial charge in [-0.2, -0.15) is 10.2 Å². The molecule has 1 aromatic carbocycles. The van der Waals surface area contributed by atoms with Crippen molar-refractivity contribution >= 4 is 27.7 Å². The molecule has 7 nitrogen and oxygen atoms in total. The minimum absolute atomic E-state index is 0.00708. The average Bonchev–Trinajstić information content (AvgIpc) is 3.10. The second-order valence-electron chi connectivity index (χ2n) is 6.04. The van der Waals surface area contributed by atoms with Crippen LogP contribution in [0.2, 0.25) is 0 Å². The summed E-state index contributed by atoms with van der Waals surface area (Å²) in [7, 11) is 0. The Bertz CT molecular complexity index is 860. The number of rotatable bonds is 5. The number of hydrogen-bond acceptors (Lipinski definition) is 7. The van der Waals surface area contributed by atoms with Crippen molar-refractivity contribution in [3.05, 3.63) is 22.2 Å². The van der Waals surface area contributed by atoms with Gasteiger partial charge in [0.1, 0.15) is 17.5 Å². The van der Waals surface area contributed by atoms with Gasteiger partial charge in [-0.1, -0.05) is 0 Å². The van der Waals surface area contributed by atoms with Gasteiger partial charge in [-0.05, 0) is 60.7 Å². The van der Waals surface area contributed by atoms with Gasteiger partial charge in [-0.15, -0.1) is 0 Å². The fourth-order valence-corrected chi connectivity index (χ4v) is 3.57. The highest BCUT2D eigenvalue weighted by molar-refractivity contribution is 9.10. The number of nitrogens with zero attached hydrogens (tertiary/aromatic N) is 3. The van der Waals surface area contributed by atoms with E-state index in [0.717, 1.165) is 12.8 Å². The van der Waals surface area contributed by atoms with Gasteiger partial charge in [0.25, 0.3) is 0 Å². The zero-order valence-corrected chi connectivity index (χ0v) is 16.0. The van der Waals surface area contributed by atoms with E-state index in [1.54, 1.807) is 6.07 Å². The molecule has 3 rings (SSSR count). The van der Waals surface area contributed by atoms with Crippen LogP contribution in [0, 0.1) is 11.3 Å². The molecule has 1 aliphatic carbocycles. The maximum absolute atomic E-state index is 9.44. The molecule has 0 aliphatic heterocycles. The third-order valence-corrected chi connectivity index (χ3v) is 4.91. The van der Waals surface area contributed by atoms with Crippen molar-refractivity contribution in [1.29, 1.82) is 5.26 Å². The Kier molecular flexibility index (Phi) is 5.47. The number of hydrogen-bond donors (Lipinski definition) is 2. The molecule has 8 heteroatoms. The number of nitriles is 1. The van der Waals surface area contributed by atoms with Gasteiger partial charge < -0.3 is 20.9 Å². The molecule has 0 saturated heterocycles. The van der Waals surface area contributed by atoms with E-state index >= 15 is 0 Å². The molecule has 0 atom stereocenters. The summed E-state index contributed by atoms with van der Waals surface area (Å²) in [6.45, 7) is 2.39. The molecule has 1 fully saturated rings. The highest BCUT2D eigenvalue weighted by Crippen LogP contribution is 2.41. The zero-order valence-electron chi connectivity index (χ0n) is 14.5. The lowest BCUT2D eigenvalue weighted by Crippen LogP contribution is -2.12. The number of aromatic nitrogens is 2. The summed E-state index contributed by atoms with van der Waals surface area (Å²) in [4.78, 5) is 8.06. The van der Waals surface area contributed by atoms with E-state index in [4.69, 9.17) is 20.9 Å². The minimum Gasteiger partial charge on any atom is -0.490 e. The highest BCUT2D eigenvalue weighted by atomic mass is 79.9. The SMILES string of the molecule is CCOc1cc(-c2nc(N)nc(N)c2C#N)c(Br)cc1OC1CCCC1. The molecule has 1 aromatic heterocycles. The number of benzene rings is 1. The lowest BCUT2D eigenvalue weighted by molar-refractivity contribution is 0.196. The predicted molar refractivity (Wildman–Crippen MR) is 103 cm³/mol. The normalized spacial score (nSPS) is 14.2. The molecule has 0 bridgehead atoms. The van der Waals surface area contributed by atoms with E-state index in [2.05, 4.69) is 25.9 Å². The lowest BCUT2D eigenvalue weighted by Gasteiger charge is -2.19. The number of halogens is 1. The summed E-state index contributed by atoms with van der Waals surface area (Å²) in [5, 5.41) is 9.44. The van der Waals surface area contributed by atoms with Gasteiger partial charge in [-0.3, -0.25) is 0 Å². The Morgan fingerprint density at radius 3 is 2.62 bits per heavy atom. The molecule has 2 aromatic rings. The van der Waals surface area contributed by atoms with Gasteiger partial charge in [0.05, 0.1) is 18.4 Å². The monoisotopic (exact) mass is 417 g/mol. The van der Waals surface area contributed by atoms with Crippen LogP contribution in [-0.4, -0.2) is 22.7 Å². The van der Waals surface area contributed by atoms with Gasteiger partial charge in [0.15, 0.2) is 11.5 Å². The summed E-state index contributed by atoms with van der Waals surface area (Å²) in [5.41, 5.74) is 12.7. The van der Waals surface area contributed by atoms with Crippen molar-refractivity contribution < 1.29 is 9.47 Å². The molecule has 0 unspecified atom stereocenters. The summed E-state index contributed by atoms with van der Waals surface area (Å²) in [6.07, 6.45) is 4.65. The molecule has 1 heterocycles. The topological polar surface area (TPSA) is 120 Å². The molecular weight excluding hydrogens is 398 g/mol. The third-order valence-electron chi connectivity index (χ3n) is 4.25. The van der Waals surface area contributed by atoms with Crippen molar-refractivity contribution in [3.8, 4) is 28.8 Å². The minimum atomic E-state index is 0.00708. The summed E-state index contributed by atoms with van der Waals surface area (Å²) < 4.78 is 12.6. The maximum atomic E-state index is 9.44. The van der Waals surface area contributed by atoms with Crippen LogP contribution in [0.1, 0.15) is 38.2 Å². The Morgan fingerprint density at radius 1 is 1.23 bits per heavy atom. The number of ether oxygens (including phenoxy) is 2. The summed E-state index contributed by atoms with van der Waals surface area (Å²) in [5.74, 6) is 1.32. The number of nitrogens with two attached hydrogens (primary N) is 2. The Morgan fingerprint density at radius 2 is 1.96 bits per heavy atom. The van der Waals surface area contributed by atoms with Crippen LogP contribution in [0.4, 0.5) is 11.8 Å². The van der Waals surface area contributed by atoms with E-state index in [1.165, 1.54) is 12.8 Å². The van der Waals surface area contributed by atoms with Gasteiger partial charge >= 0.3 is 0 Å². The molecule has 1 aliphatic rings. The fraction of sp³-hybridized carbons (Fsp3) is 0.389. The first-order chi connectivity index (χ1) is 12.5. The van der Waals surface area contributed by atoms with Crippen molar-refractivity contribution in [1.82, 2.24) is 9.97 Å². The Balaban J connectivity index is 2.09. The molecule has 0 amide bonds. The molecule has 0 radical (unpaired) electrons. The van der Waals surface area contributed by atoms with E-state index < -0.39 is 0 Å². The van der Waals surface area contributed by atoms with Gasteiger partial charge in [0, 0.05) is 10.0 Å². The highest BCUT2D eigenvalue weighted by Gasteiger charge is 2.22. The zero-order chi connectivity index (χ0) is 18.7. The molecule has 0 spiro atoms. The Hall–Kier alpha value is -2.53. The van der Waals surface area contributed by atoms with E-state index in [1.807, 2.05) is 19.1 Å². The largest absolute Gasteiger partial charge is 0.490 e. The van der Waals surface area contributed by atoms with Crippen LogP contribution < -0.4 is 20.9 Å². The second-order valence-corrected chi connectivity index (χ2v) is 6.89. The van der Waals surface area contributed by atoms with Crippen LogP contribution in [0.5, 0.6) is 11.5 Å². The first kappa shape index (κ1) is 18.3. The van der Waals surface area contributed by atoms with Gasteiger partial charge in [0.2, 0.25) is 5.95 Å². The molecular formula is C18H20BrN5O2. The molecule has 4 N–H and O–H groups in total. The standard InChI is InChI=1S/C18H20BrN5O2/c1-2-25-14-7-11(16-12(9-20)17(21)24-18(22)23-16)13(19)8-15(14)26-10-5-3-4-6-10/h7-8,10H,2-6H2,1H3,(H4,21,22,23,24). The molecule has 26 heavy (non-hydrogen) atoms. The van der Waals surface area contributed by atoms with Crippen LogP contribution in [0.25, 0.3) is 11.3 Å². The smallest absolute Gasteiger partial charge is 0.222 e. The van der Waals surface area contributed by atoms with Crippen molar-refractivity contribution in [2.75, 3.05) is 18.1 Å². The van der Waals surface area contributed by atoms with Crippen LogP contribution >= 0.6 is 15.9 Å². The predicted octanol–water partition coefficient (Wildman–Crippen LogP) is 3.66. The van der Waals surface area contributed by atoms with Crippen molar-refractivity contribution in [2.45, 2.75) is 38.7 Å². The molecule has 136 valence electrons. The fourth-order valence-electron chi connectivity index (χ4n) is 3.06. The first-order valence-electron chi connectivity index (χ1n) is 8.50. The first-order valence-corrected chi connectivity index (χ1v) is 9.29. The summed E-state index contributed by atoms with van der Waals surface area (Å²) >= 11 is 3.54. The van der Waals surface area contributed by atoms with Crippen LogP contribution in [0.3, 0.4) is 0 Å². The van der Waals surface area contributed by atoms with Crippen molar-refractivity contribution in [3.63, 3.8) is 0 Å². The third kappa shape index (κ3) is 3.68. The number of nitrogen functional groups attached to an aromatic ring is 2. The van der Waals surface area contributed by atoms with Crippen LogP contribution in [0.15, 0.2) is 16.6 Å². The maximum Gasteiger partial charge on any atom is 0.222 e. The van der Waals surface area contributed by atoms with Gasteiger partial charge in [-0.25, -0.2) is 4.98 Å². The van der Waals surface area contributed by atoms with Crippen molar-refractivity contribution in [2.24, 2.45) is 0 Å². The second kappa shape index (κ2) is 7.79. The average molecular weight is 418 g/mol.